The van der Waals surface area contributed by atoms with Gasteiger partial charge in [0.1, 0.15) is 0 Å². The molecular formula is C62H56Cl2SiZr-2. The number of fused-ring (bicyclic) bond motifs is 2. The summed E-state index contributed by atoms with van der Waals surface area (Å²) in [5.74, 6) is 0. The molecule has 0 saturated carbocycles. The molecule has 0 spiro atoms. The van der Waals surface area contributed by atoms with Crippen LogP contribution in [0, 0.1) is 27.7 Å². The monoisotopic (exact) mass is 988 g/mol. The molecule has 10 aromatic rings. The summed E-state index contributed by atoms with van der Waals surface area (Å²) < 4.78 is 0. The minimum atomic E-state index is 0. The van der Waals surface area contributed by atoms with Gasteiger partial charge >= 0.3 is 41.9 Å². The number of aryl methyl sites for hydroxylation is 4. The smallest absolute Gasteiger partial charge is 0.0204 e. The summed E-state index contributed by atoms with van der Waals surface area (Å²) in [5.41, 5.74) is 21.1. The van der Waals surface area contributed by atoms with Gasteiger partial charge in [-0.15, -0.1) is 44.8 Å². The molecule has 10 aromatic carbocycles. The van der Waals surface area contributed by atoms with Crippen molar-refractivity contribution in [3.63, 3.8) is 0 Å². The fraction of sp³-hybridized carbons (Fsp3) is 0.129. The molecule has 0 bridgehead atoms. The number of benzene rings is 8. The first kappa shape index (κ1) is 50.1. The van der Waals surface area contributed by atoms with Gasteiger partial charge in [-0.05, 0) is 62.8 Å². The van der Waals surface area contributed by atoms with Gasteiger partial charge in [-0.3, -0.25) is 0 Å². The van der Waals surface area contributed by atoms with Crippen molar-refractivity contribution in [3.8, 4) is 44.5 Å². The quantitative estimate of drug-likeness (QED) is 0.105. The zero-order valence-corrected chi connectivity index (χ0v) is 43.8. The topological polar surface area (TPSA) is 0 Å². The average molecular weight is 991 g/mol. The van der Waals surface area contributed by atoms with Crippen LogP contribution in [0.5, 0.6) is 0 Å². The van der Waals surface area contributed by atoms with E-state index in [0.717, 1.165) is 12.8 Å². The van der Waals surface area contributed by atoms with Crippen molar-refractivity contribution in [2.75, 3.05) is 0 Å². The maximum Gasteiger partial charge on any atom is -0.0204 e. The molecule has 0 heterocycles. The summed E-state index contributed by atoms with van der Waals surface area (Å²) in [6, 6.07) is 75.6. The van der Waals surface area contributed by atoms with Crippen LogP contribution in [0.1, 0.15) is 44.5 Å². The zero-order valence-electron chi connectivity index (χ0n) is 38.8. The van der Waals surface area contributed by atoms with Crippen LogP contribution in [0.3, 0.4) is 0 Å². The Morgan fingerprint density at radius 1 is 0.364 bits per heavy atom. The van der Waals surface area contributed by atoms with Gasteiger partial charge in [-0.2, -0.15) is 12.1 Å². The van der Waals surface area contributed by atoms with Crippen LogP contribution in [0.4, 0.5) is 0 Å². The van der Waals surface area contributed by atoms with E-state index in [0.29, 0.717) is 0 Å². The molecular weight excluding hydrogens is 935 g/mol. The molecule has 328 valence electrons. The third-order valence-electron chi connectivity index (χ3n) is 11.8. The van der Waals surface area contributed by atoms with Crippen molar-refractivity contribution in [1.82, 2.24) is 0 Å². The number of halogens is 2. The van der Waals surface area contributed by atoms with Gasteiger partial charge in [0, 0.05) is 0 Å². The Hall–Kier alpha value is -5.34. The first-order valence-electron chi connectivity index (χ1n) is 22.4. The van der Waals surface area contributed by atoms with Gasteiger partial charge in [0.05, 0.1) is 0 Å². The summed E-state index contributed by atoms with van der Waals surface area (Å²) >= 11 is 1.74. The Morgan fingerprint density at radius 2 is 0.621 bits per heavy atom. The summed E-state index contributed by atoms with van der Waals surface area (Å²) in [5, 5.41) is 5.34. The van der Waals surface area contributed by atoms with E-state index in [-0.39, 0.29) is 30.2 Å². The first-order chi connectivity index (χ1) is 31.1. The fourth-order valence-corrected chi connectivity index (χ4v) is 8.53. The summed E-state index contributed by atoms with van der Waals surface area (Å²) in [6.07, 6.45) is 1.91. The van der Waals surface area contributed by atoms with Crippen molar-refractivity contribution in [2.45, 2.75) is 53.6 Å². The van der Waals surface area contributed by atoms with E-state index < -0.39 is 0 Å². The first-order valence-corrected chi connectivity index (χ1v) is 28.6. The number of hydrogen-bond acceptors (Lipinski definition) is 0. The normalized spacial score (nSPS) is 10.5. The van der Waals surface area contributed by atoms with E-state index in [2.05, 4.69) is 247 Å². The van der Waals surface area contributed by atoms with Crippen LogP contribution in [0.2, 0.25) is 13.1 Å². The molecule has 0 aliphatic carbocycles. The van der Waals surface area contributed by atoms with Crippen LogP contribution >= 0.6 is 0 Å². The van der Waals surface area contributed by atoms with Gasteiger partial charge in [0.2, 0.25) is 0 Å². The summed E-state index contributed by atoms with van der Waals surface area (Å²) in [7, 11) is 0. The van der Waals surface area contributed by atoms with E-state index >= 15 is 0 Å². The van der Waals surface area contributed by atoms with Crippen molar-refractivity contribution >= 4 is 27.0 Å². The molecule has 0 nitrogen and oxygen atoms in total. The predicted molar refractivity (Wildman–Crippen MR) is 276 cm³/mol. The van der Waals surface area contributed by atoms with E-state index in [1.165, 1.54) is 111 Å². The van der Waals surface area contributed by atoms with Crippen LogP contribution < -0.4 is 24.8 Å². The molecule has 0 aliphatic rings. The van der Waals surface area contributed by atoms with E-state index in [1.54, 1.807) is 23.3 Å². The minimum absolute atomic E-state index is 0. The largest absolute Gasteiger partial charge is 1.00 e. The summed E-state index contributed by atoms with van der Waals surface area (Å²) in [6.45, 7) is 13.2. The molecule has 0 radical (unpaired) electrons. The third kappa shape index (κ3) is 12.5. The Bertz CT molecular complexity index is 2740. The summed E-state index contributed by atoms with van der Waals surface area (Å²) in [4.78, 5) is 0. The van der Waals surface area contributed by atoms with Crippen LogP contribution in [0.25, 0.3) is 66.1 Å². The zero-order chi connectivity index (χ0) is 44.6. The van der Waals surface area contributed by atoms with Crippen LogP contribution in [-0.4, -0.2) is 5.43 Å². The SMILES string of the molecule is C[Si](C)=[Zr+2].Cc1ccc(-c2ccc(-c3ccc(C)cc3)c3[cH-]c(Cc4ccccc4)cc23)cc1.Cc1ccc(-c2ccc(-c3ccc(C)cc3)c3[cH-]c(Cc4ccccc4)cc23)cc1.[Cl-].[Cl-]. The predicted octanol–water partition coefficient (Wildman–Crippen LogP) is 11.0. The average Bonchev–Trinajstić information content (AvgIpc) is 3.92. The molecule has 0 N–H and O–H groups in total. The maximum absolute atomic E-state index is 2.38. The second-order valence-corrected chi connectivity index (χ2v) is 26.9. The molecule has 0 aliphatic heterocycles. The van der Waals surface area contributed by atoms with Crippen LogP contribution in [0.15, 0.2) is 206 Å². The van der Waals surface area contributed by atoms with Gasteiger partial charge in [0.15, 0.2) is 0 Å². The van der Waals surface area contributed by atoms with Crippen molar-refractivity contribution in [2.24, 2.45) is 0 Å². The number of hydrogen-bond donors (Lipinski definition) is 0. The standard InChI is InChI=1S/2C30H25.C2H6Si.2ClH.Zr/c2*1-21-8-12-25(13-9-21)27-16-17-28(26-14-10-22(2)11-15-26)30-20-24(19-29(27)30)18-23-6-4-3-5-7-23;1-3-2;;;/h2*3-17,19-20H,18H2,1-2H3;1-2H3;2*1H;/q2*-1;;;;+2/p-2. The second-order valence-electron chi connectivity index (χ2n) is 17.5. The molecule has 4 heteroatoms. The van der Waals surface area contributed by atoms with Gasteiger partial charge in [0.25, 0.3) is 0 Å². The van der Waals surface area contributed by atoms with E-state index in [4.69, 9.17) is 0 Å². The Balaban J connectivity index is 0.000000196. The third-order valence-corrected chi connectivity index (χ3v) is 11.8. The fourth-order valence-electron chi connectivity index (χ4n) is 8.53. The molecule has 66 heavy (non-hydrogen) atoms. The van der Waals surface area contributed by atoms with Gasteiger partial charge in [-0.1, -0.05) is 238 Å². The van der Waals surface area contributed by atoms with E-state index in [9.17, 15) is 0 Å². The van der Waals surface area contributed by atoms with Crippen molar-refractivity contribution < 1.29 is 48.1 Å². The maximum atomic E-state index is 2.38. The molecule has 0 aromatic heterocycles. The molecule has 0 saturated heterocycles. The molecule has 0 fully saturated rings. The minimum Gasteiger partial charge on any atom is -1.00 e. The molecule has 0 atom stereocenters. The molecule has 0 amide bonds. The van der Waals surface area contributed by atoms with Crippen molar-refractivity contribution in [1.29, 1.82) is 0 Å². The molecule has 0 unspecified atom stereocenters. The van der Waals surface area contributed by atoms with Gasteiger partial charge in [-0.25, -0.2) is 0 Å². The molecule has 10 rings (SSSR count). The second kappa shape index (κ2) is 23.4. The Kier molecular flexibility index (Phi) is 17.8. The number of rotatable bonds is 8. The van der Waals surface area contributed by atoms with Gasteiger partial charge < -0.3 is 24.8 Å². The van der Waals surface area contributed by atoms with Crippen LogP contribution in [-0.2, 0) is 36.2 Å². The Labute approximate surface area is 420 Å². The van der Waals surface area contributed by atoms with Crippen molar-refractivity contribution in [3.05, 3.63) is 251 Å². The Morgan fingerprint density at radius 3 is 0.909 bits per heavy atom. The van der Waals surface area contributed by atoms with E-state index in [1.807, 2.05) is 0 Å².